The minimum atomic E-state index is 0. The number of carbonyl (C=O) groups excluding carboxylic acids is 1. The van der Waals surface area contributed by atoms with E-state index in [4.69, 9.17) is 0 Å². The molecule has 2 rings (SSSR count). The third-order valence-corrected chi connectivity index (χ3v) is 5.37. The van der Waals surface area contributed by atoms with Crippen molar-refractivity contribution in [2.24, 2.45) is 5.92 Å². The number of hydrogen-bond donors (Lipinski definition) is 2. The van der Waals surface area contributed by atoms with E-state index < -0.39 is 0 Å². The highest BCUT2D eigenvalue weighted by molar-refractivity contribution is 7.99. The molecule has 2 fully saturated rings. The summed E-state index contributed by atoms with van der Waals surface area (Å²) in [4.78, 5) is 16.9. The van der Waals surface area contributed by atoms with Crippen LogP contribution in [0, 0.1) is 5.92 Å². The van der Waals surface area contributed by atoms with Crippen LogP contribution in [0.5, 0.6) is 0 Å². The van der Waals surface area contributed by atoms with Crippen molar-refractivity contribution >= 4 is 54.9 Å². The van der Waals surface area contributed by atoms with Crippen molar-refractivity contribution in [3.63, 3.8) is 0 Å². The van der Waals surface area contributed by atoms with Gasteiger partial charge in [0.2, 0.25) is 5.91 Å². The lowest BCUT2D eigenvalue weighted by Gasteiger charge is -2.34. The molecule has 0 aromatic rings. The Balaban J connectivity index is 0. The van der Waals surface area contributed by atoms with Crippen molar-refractivity contribution in [1.82, 2.24) is 20.4 Å². The Bertz CT molecular complexity index is 328. The summed E-state index contributed by atoms with van der Waals surface area (Å²) < 4.78 is 0. The zero-order valence-electron chi connectivity index (χ0n) is 14.7. The lowest BCUT2D eigenvalue weighted by atomic mass is 10.1. The van der Waals surface area contributed by atoms with Crippen molar-refractivity contribution in [3.8, 4) is 0 Å². The Hall–Kier alpha value is 0.570. The molecule has 9 heteroatoms. The number of nitrogens with one attached hydrogen (secondary N) is 2. The summed E-state index contributed by atoms with van der Waals surface area (Å²) in [6.45, 7) is 9.76. The van der Waals surface area contributed by atoms with Gasteiger partial charge in [-0.1, -0.05) is 6.92 Å². The van der Waals surface area contributed by atoms with E-state index in [1.54, 1.807) is 0 Å². The highest BCUT2D eigenvalue weighted by Gasteiger charge is 2.18. The van der Waals surface area contributed by atoms with Crippen LogP contribution in [0.4, 0.5) is 0 Å². The Labute approximate surface area is 169 Å². The Morgan fingerprint density at radius 2 is 1.92 bits per heavy atom. The minimum absolute atomic E-state index is 0. The second-order valence-corrected chi connectivity index (χ2v) is 7.59. The first-order valence-corrected chi connectivity index (χ1v) is 9.27. The van der Waals surface area contributed by atoms with Crippen molar-refractivity contribution in [1.29, 1.82) is 0 Å². The summed E-state index contributed by atoms with van der Waals surface area (Å²) in [6, 6.07) is 0.358. The average Bonchev–Trinajstić information content (AvgIpc) is 2.49. The molecule has 0 aromatic carbocycles. The van der Waals surface area contributed by atoms with E-state index in [0.29, 0.717) is 18.4 Å². The fraction of sp³-hybridized carbons (Fsp3) is 0.933. The molecule has 0 saturated carbocycles. The lowest BCUT2D eigenvalue weighted by molar-refractivity contribution is -0.121. The third kappa shape index (κ3) is 10.5. The Morgan fingerprint density at radius 1 is 1.25 bits per heavy atom. The van der Waals surface area contributed by atoms with Crippen molar-refractivity contribution in [2.75, 3.05) is 64.4 Å². The van der Waals surface area contributed by atoms with Crippen LogP contribution < -0.4 is 10.6 Å². The molecule has 0 aliphatic carbocycles. The molecule has 2 heterocycles. The number of halogens is 3. The predicted octanol–water partition coefficient (Wildman–Crippen LogP) is 1.35. The van der Waals surface area contributed by atoms with Gasteiger partial charge in [0.1, 0.15) is 0 Å². The van der Waals surface area contributed by atoms with Crippen LogP contribution in [-0.4, -0.2) is 86.1 Å². The van der Waals surface area contributed by atoms with Gasteiger partial charge in [0.05, 0.1) is 0 Å². The first kappa shape index (κ1) is 26.8. The van der Waals surface area contributed by atoms with E-state index >= 15 is 0 Å². The number of nitrogens with zero attached hydrogens (tertiary/aromatic N) is 2. The van der Waals surface area contributed by atoms with Gasteiger partial charge in [-0.05, 0) is 13.0 Å². The smallest absolute Gasteiger partial charge is 0.221 e. The summed E-state index contributed by atoms with van der Waals surface area (Å²) >= 11 is 1.94. The molecule has 5 nitrogen and oxygen atoms in total. The predicted molar refractivity (Wildman–Crippen MR) is 112 cm³/mol. The first-order valence-electron chi connectivity index (χ1n) is 8.12. The summed E-state index contributed by atoms with van der Waals surface area (Å²) in [7, 11) is 2.18. The maximum absolute atomic E-state index is 12.0. The summed E-state index contributed by atoms with van der Waals surface area (Å²) in [5.41, 5.74) is 0. The summed E-state index contributed by atoms with van der Waals surface area (Å²) in [5.74, 6) is 2.94. The Morgan fingerprint density at radius 3 is 2.50 bits per heavy atom. The molecule has 24 heavy (non-hydrogen) atoms. The number of likely N-dealkylation sites (N-methyl/N-ethyl adjacent to an activating group) is 1. The number of rotatable bonds is 6. The molecule has 146 valence electrons. The van der Waals surface area contributed by atoms with E-state index in [-0.39, 0.29) is 43.1 Å². The molecule has 2 unspecified atom stereocenters. The fourth-order valence-electron chi connectivity index (χ4n) is 2.87. The van der Waals surface area contributed by atoms with Gasteiger partial charge in [-0.25, -0.2) is 0 Å². The standard InChI is InChI=1S/C15H30N4OS.3ClH/c1-13(11-19-6-4-18(2)5-7-19)10-17-15(20)9-14-12-21-8-3-16-14;;;/h13-14,16H,3-12H2,1-2H3,(H,17,20);3*1H. The molecule has 2 N–H and O–H groups in total. The molecule has 0 spiro atoms. The maximum Gasteiger partial charge on any atom is 0.221 e. The van der Waals surface area contributed by atoms with Crippen LogP contribution in [0.2, 0.25) is 0 Å². The molecular weight excluding hydrogens is 391 g/mol. The molecule has 0 aromatic heterocycles. The number of carbonyl (C=O) groups is 1. The average molecular weight is 424 g/mol. The highest BCUT2D eigenvalue weighted by Crippen LogP contribution is 2.10. The van der Waals surface area contributed by atoms with Crippen LogP contribution in [0.25, 0.3) is 0 Å². The van der Waals surface area contributed by atoms with E-state index in [9.17, 15) is 4.79 Å². The van der Waals surface area contributed by atoms with E-state index in [0.717, 1.165) is 51.6 Å². The largest absolute Gasteiger partial charge is 0.356 e. The van der Waals surface area contributed by atoms with Crippen LogP contribution >= 0.6 is 49.0 Å². The molecule has 2 aliphatic heterocycles. The zero-order valence-corrected chi connectivity index (χ0v) is 17.9. The van der Waals surface area contributed by atoms with Crippen molar-refractivity contribution < 1.29 is 4.79 Å². The van der Waals surface area contributed by atoms with Gasteiger partial charge in [-0.15, -0.1) is 37.2 Å². The second kappa shape index (κ2) is 14.7. The lowest BCUT2D eigenvalue weighted by Crippen LogP contribution is -2.47. The van der Waals surface area contributed by atoms with Crippen LogP contribution in [-0.2, 0) is 4.79 Å². The van der Waals surface area contributed by atoms with Gasteiger partial charge in [0, 0.05) is 69.8 Å². The maximum atomic E-state index is 12.0. The molecule has 2 saturated heterocycles. The van der Waals surface area contributed by atoms with E-state index in [1.165, 1.54) is 5.75 Å². The Kier molecular flexibility index (Phi) is 16.4. The van der Waals surface area contributed by atoms with Crippen molar-refractivity contribution in [3.05, 3.63) is 0 Å². The molecule has 1 amide bonds. The first-order chi connectivity index (χ1) is 10.1. The van der Waals surface area contributed by atoms with Gasteiger partial charge in [0.15, 0.2) is 0 Å². The van der Waals surface area contributed by atoms with Crippen molar-refractivity contribution in [2.45, 2.75) is 19.4 Å². The quantitative estimate of drug-likeness (QED) is 0.675. The molecular formula is C15H33Cl3N4OS. The normalized spacial score (nSPS) is 23.2. The highest BCUT2D eigenvalue weighted by atomic mass is 35.5. The topological polar surface area (TPSA) is 47.6 Å². The number of amides is 1. The van der Waals surface area contributed by atoms with Crippen LogP contribution in [0.1, 0.15) is 13.3 Å². The molecule has 0 radical (unpaired) electrons. The zero-order chi connectivity index (χ0) is 15.1. The molecule has 2 atom stereocenters. The number of thioether (sulfide) groups is 1. The summed E-state index contributed by atoms with van der Waals surface area (Å²) in [5, 5.41) is 6.52. The SMILES string of the molecule is CC(CNC(=O)CC1CSCCN1)CN1CCN(C)CC1.Cl.Cl.Cl. The fourth-order valence-corrected chi connectivity index (χ4v) is 3.82. The minimum Gasteiger partial charge on any atom is -0.356 e. The van der Waals surface area contributed by atoms with Crippen LogP contribution in [0.15, 0.2) is 0 Å². The second-order valence-electron chi connectivity index (χ2n) is 6.44. The number of piperazine rings is 1. The van der Waals surface area contributed by atoms with Crippen LogP contribution in [0.3, 0.4) is 0 Å². The molecule has 2 aliphatic rings. The number of hydrogen-bond acceptors (Lipinski definition) is 5. The van der Waals surface area contributed by atoms with Gasteiger partial charge in [0.25, 0.3) is 0 Å². The third-order valence-electron chi connectivity index (χ3n) is 4.24. The van der Waals surface area contributed by atoms with E-state index in [1.807, 2.05) is 11.8 Å². The summed E-state index contributed by atoms with van der Waals surface area (Å²) in [6.07, 6.45) is 0.619. The molecule has 0 bridgehead atoms. The van der Waals surface area contributed by atoms with Gasteiger partial charge in [-0.3, -0.25) is 4.79 Å². The monoisotopic (exact) mass is 422 g/mol. The van der Waals surface area contributed by atoms with E-state index in [2.05, 4.69) is 34.4 Å². The van der Waals surface area contributed by atoms with Gasteiger partial charge >= 0.3 is 0 Å². The van der Waals surface area contributed by atoms with Gasteiger partial charge < -0.3 is 20.4 Å². The van der Waals surface area contributed by atoms with Gasteiger partial charge in [-0.2, -0.15) is 11.8 Å².